The second-order valence-corrected chi connectivity index (χ2v) is 6.08. The summed E-state index contributed by atoms with van der Waals surface area (Å²) in [6.45, 7) is 1.18. The van der Waals surface area contributed by atoms with Crippen molar-refractivity contribution in [3.8, 4) is 5.88 Å². The Kier molecular flexibility index (Phi) is 4.39. The molecular weight excluding hydrogens is 268 g/mol. The van der Waals surface area contributed by atoms with Gasteiger partial charge in [0.1, 0.15) is 0 Å². The first-order chi connectivity index (χ1) is 10.2. The Morgan fingerprint density at radius 2 is 2.24 bits per heavy atom. The van der Waals surface area contributed by atoms with Gasteiger partial charge in [0, 0.05) is 18.8 Å². The number of carbonyl (C=O) groups is 1. The standard InChI is InChI=1S/C16H22N2O3/c19-14-3-1-2-13(14)16(20)18-9-12-6-7-17-15(8-12)21-10-11-4-5-11/h6-8,11,13-14,19H,1-5,9-10H2,(H,18,20). The summed E-state index contributed by atoms with van der Waals surface area (Å²) in [7, 11) is 0. The van der Waals surface area contributed by atoms with Crippen molar-refractivity contribution in [3.05, 3.63) is 23.9 Å². The third-order valence-electron chi connectivity index (χ3n) is 4.25. The molecule has 0 spiro atoms. The van der Waals surface area contributed by atoms with E-state index in [-0.39, 0.29) is 11.8 Å². The largest absolute Gasteiger partial charge is 0.477 e. The molecule has 21 heavy (non-hydrogen) atoms. The molecule has 1 aromatic rings. The maximum atomic E-state index is 12.0. The molecule has 1 amide bonds. The van der Waals surface area contributed by atoms with E-state index in [1.807, 2.05) is 12.1 Å². The highest BCUT2D eigenvalue weighted by Gasteiger charge is 2.31. The molecule has 0 aromatic carbocycles. The molecule has 1 heterocycles. The lowest BCUT2D eigenvalue weighted by Gasteiger charge is -2.14. The van der Waals surface area contributed by atoms with E-state index in [2.05, 4.69) is 10.3 Å². The maximum absolute atomic E-state index is 12.0. The van der Waals surface area contributed by atoms with Crippen LogP contribution in [0.3, 0.4) is 0 Å². The van der Waals surface area contributed by atoms with Crippen LogP contribution in [-0.2, 0) is 11.3 Å². The van der Waals surface area contributed by atoms with Crippen LogP contribution in [0, 0.1) is 11.8 Å². The topological polar surface area (TPSA) is 71.5 Å². The van der Waals surface area contributed by atoms with E-state index in [1.54, 1.807) is 6.20 Å². The van der Waals surface area contributed by atoms with Gasteiger partial charge in [-0.05, 0) is 49.7 Å². The lowest BCUT2D eigenvalue weighted by atomic mass is 10.1. The summed E-state index contributed by atoms with van der Waals surface area (Å²) in [5.41, 5.74) is 0.969. The van der Waals surface area contributed by atoms with E-state index in [0.717, 1.165) is 31.4 Å². The molecule has 2 N–H and O–H groups in total. The van der Waals surface area contributed by atoms with Crippen molar-refractivity contribution in [2.75, 3.05) is 6.61 Å². The predicted molar refractivity (Wildman–Crippen MR) is 77.7 cm³/mol. The first-order valence-electron chi connectivity index (χ1n) is 7.76. The van der Waals surface area contributed by atoms with Crippen LogP contribution in [-0.4, -0.2) is 28.7 Å². The highest BCUT2D eigenvalue weighted by atomic mass is 16.5. The number of nitrogens with zero attached hydrogens (tertiary/aromatic N) is 1. The molecule has 2 aliphatic rings. The van der Waals surface area contributed by atoms with Crippen LogP contribution in [0.2, 0.25) is 0 Å². The number of nitrogens with one attached hydrogen (secondary N) is 1. The van der Waals surface area contributed by atoms with Crippen LogP contribution >= 0.6 is 0 Å². The maximum Gasteiger partial charge on any atom is 0.225 e. The van der Waals surface area contributed by atoms with Crippen molar-refractivity contribution in [1.29, 1.82) is 0 Å². The number of carbonyl (C=O) groups excluding carboxylic acids is 1. The smallest absolute Gasteiger partial charge is 0.225 e. The molecular formula is C16H22N2O3. The van der Waals surface area contributed by atoms with E-state index in [9.17, 15) is 9.90 Å². The summed E-state index contributed by atoms with van der Waals surface area (Å²) in [6, 6.07) is 3.74. The summed E-state index contributed by atoms with van der Waals surface area (Å²) in [4.78, 5) is 16.2. The van der Waals surface area contributed by atoms with E-state index >= 15 is 0 Å². The number of hydrogen-bond donors (Lipinski definition) is 2. The van der Waals surface area contributed by atoms with Gasteiger partial charge in [-0.25, -0.2) is 4.98 Å². The Morgan fingerprint density at radius 3 is 2.95 bits per heavy atom. The Labute approximate surface area is 124 Å². The van der Waals surface area contributed by atoms with Crippen molar-refractivity contribution in [1.82, 2.24) is 10.3 Å². The van der Waals surface area contributed by atoms with Crippen molar-refractivity contribution in [3.63, 3.8) is 0 Å². The van der Waals surface area contributed by atoms with Gasteiger partial charge in [0.2, 0.25) is 11.8 Å². The van der Waals surface area contributed by atoms with Gasteiger partial charge in [0.25, 0.3) is 0 Å². The molecule has 0 saturated heterocycles. The normalized spacial score (nSPS) is 24.8. The van der Waals surface area contributed by atoms with E-state index in [0.29, 0.717) is 18.3 Å². The van der Waals surface area contributed by atoms with E-state index in [1.165, 1.54) is 12.8 Å². The molecule has 0 bridgehead atoms. The minimum absolute atomic E-state index is 0.0581. The lowest BCUT2D eigenvalue weighted by Crippen LogP contribution is -2.34. The first kappa shape index (κ1) is 14.3. The van der Waals surface area contributed by atoms with Crippen LogP contribution in [0.5, 0.6) is 5.88 Å². The molecule has 3 rings (SSSR count). The molecule has 0 radical (unpaired) electrons. The van der Waals surface area contributed by atoms with Gasteiger partial charge in [-0.1, -0.05) is 0 Å². The molecule has 2 fully saturated rings. The van der Waals surface area contributed by atoms with Gasteiger partial charge >= 0.3 is 0 Å². The average Bonchev–Trinajstić information content (AvgIpc) is 3.23. The van der Waals surface area contributed by atoms with Crippen LogP contribution in [0.1, 0.15) is 37.7 Å². The highest BCUT2D eigenvalue weighted by Crippen LogP contribution is 2.29. The zero-order valence-electron chi connectivity index (χ0n) is 12.1. The summed E-state index contributed by atoms with van der Waals surface area (Å²) in [5, 5.41) is 12.6. The molecule has 0 aliphatic heterocycles. The fraction of sp³-hybridized carbons (Fsp3) is 0.625. The molecule has 2 aliphatic carbocycles. The molecule has 2 unspecified atom stereocenters. The van der Waals surface area contributed by atoms with Gasteiger partial charge in [-0.15, -0.1) is 0 Å². The Hall–Kier alpha value is -1.62. The molecule has 5 heteroatoms. The zero-order valence-corrected chi connectivity index (χ0v) is 12.1. The summed E-state index contributed by atoms with van der Waals surface area (Å²) < 4.78 is 5.63. The minimum atomic E-state index is -0.486. The zero-order chi connectivity index (χ0) is 14.7. The fourth-order valence-electron chi connectivity index (χ4n) is 2.69. The first-order valence-corrected chi connectivity index (χ1v) is 7.76. The summed E-state index contributed by atoms with van der Waals surface area (Å²) >= 11 is 0. The second kappa shape index (κ2) is 6.43. The quantitative estimate of drug-likeness (QED) is 0.835. The highest BCUT2D eigenvalue weighted by molar-refractivity contribution is 5.79. The molecule has 2 atom stereocenters. The summed E-state index contributed by atoms with van der Waals surface area (Å²) in [5.74, 6) is 1.00. The van der Waals surface area contributed by atoms with Gasteiger partial charge in [-0.3, -0.25) is 4.79 Å². The molecule has 1 aromatic heterocycles. The number of aromatic nitrogens is 1. The van der Waals surface area contributed by atoms with Gasteiger partial charge in [0.05, 0.1) is 18.6 Å². The number of rotatable bonds is 6. The predicted octanol–water partition coefficient (Wildman–Crippen LogP) is 1.65. The van der Waals surface area contributed by atoms with Gasteiger partial charge < -0.3 is 15.2 Å². The average molecular weight is 290 g/mol. The van der Waals surface area contributed by atoms with E-state index in [4.69, 9.17) is 4.74 Å². The number of aliphatic hydroxyl groups excluding tert-OH is 1. The Morgan fingerprint density at radius 1 is 1.38 bits per heavy atom. The second-order valence-electron chi connectivity index (χ2n) is 6.08. The number of pyridine rings is 1. The third-order valence-corrected chi connectivity index (χ3v) is 4.25. The van der Waals surface area contributed by atoms with Crippen LogP contribution in [0.25, 0.3) is 0 Å². The fourth-order valence-corrected chi connectivity index (χ4v) is 2.69. The SMILES string of the molecule is O=C(NCc1ccnc(OCC2CC2)c1)C1CCCC1O. The third kappa shape index (κ3) is 3.94. The number of ether oxygens (including phenoxy) is 1. The summed E-state index contributed by atoms with van der Waals surface area (Å²) in [6.07, 6.45) is 6.15. The van der Waals surface area contributed by atoms with Gasteiger partial charge in [0.15, 0.2) is 0 Å². The van der Waals surface area contributed by atoms with Crippen molar-refractivity contribution < 1.29 is 14.6 Å². The minimum Gasteiger partial charge on any atom is -0.477 e. The monoisotopic (exact) mass is 290 g/mol. The molecule has 2 saturated carbocycles. The van der Waals surface area contributed by atoms with Crippen molar-refractivity contribution >= 4 is 5.91 Å². The lowest BCUT2D eigenvalue weighted by molar-refractivity contribution is -0.127. The van der Waals surface area contributed by atoms with Crippen LogP contribution < -0.4 is 10.1 Å². The number of amides is 1. The molecule has 114 valence electrons. The van der Waals surface area contributed by atoms with E-state index < -0.39 is 6.10 Å². The van der Waals surface area contributed by atoms with Crippen LogP contribution in [0.4, 0.5) is 0 Å². The van der Waals surface area contributed by atoms with Crippen LogP contribution in [0.15, 0.2) is 18.3 Å². The van der Waals surface area contributed by atoms with Gasteiger partial charge in [-0.2, -0.15) is 0 Å². The Bertz CT molecular complexity index is 502. The van der Waals surface area contributed by atoms with Crippen molar-refractivity contribution in [2.45, 2.75) is 44.8 Å². The van der Waals surface area contributed by atoms with Crippen molar-refractivity contribution in [2.24, 2.45) is 11.8 Å². The Balaban J connectivity index is 1.49. The number of aliphatic hydroxyl groups is 1. The number of hydrogen-bond acceptors (Lipinski definition) is 4. The molecule has 5 nitrogen and oxygen atoms in total.